The Morgan fingerprint density at radius 2 is 1.41 bits per heavy atom. The smallest absolute Gasteiger partial charge is 0.254 e. The average Bonchev–Trinajstić information content (AvgIpc) is 3.25. The molecule has 0 fully saturated rings. The van der Waals surface area contributed by atoms with E-state index in [9.17, 15) is 4.79 Å². The lowest BCUT2D eigenvalue weighted by molar-refractivity contribution is 0.0719. The second-order valence-corrected chi connectivity index (χ2v) is 8.64. The minimum absolute atomic E-state index is 0.0748. The molecule has 162 valence electrons. The second-order valence-electron chi connectivity index (χ2n) is 8.64. The predicted octanol–water partition coefficient (Wildman–Crippen LogP) is 6.50. The number of rotatable bonds is 8. The largest absolute Gasteiger partial charge is 0.345 e. The Morgan fingerprint density at radius 3 is 2.06 bits per heavy atom. The van der Waals surface area contributed by atoms with Crippen molar-refractivity contribution in [3.63, 3.8) is 0 Å². The van der Waals surface area contributed by atoms with Crippen molar-refractivity contribution in [3.8, 4) is 11.1 Å². The van der Waals surface area contributed by atoms with Gasteiger partial charge in [0.15, 0.2) is 0 Å². The van der Waals surface area contributed by atoms with Crippen LogP contribution < -0.4 is 0 Å². The molecule has 1 amide bonds. The first-order chi connectivity index (χ1) is 15.6. The first-order valence-electron chi connectivity index (χ1n) is 11.2. The van der Waals surface area contributed by atoms with Crippen LogP contribution in [-0.4, -0.2) is 21.9 Å². The molecule has 0 aliphatic rings. The Balaban J connectivity index is 1.53. The van der Waals surface area contributed by atoms with Crippen LogP contribution in [0.4, 0.5) is 0 Å². The number of nitrogens with zero attached hydrogens (tertiary/aromatic N) is 2. The van der Waals surface area contributed by atoms with Gasteiger partial charge in [0, 0.05) is 30.5 Å². The molecule has 0 radical (unpaired) electrons. The Labute approximate surface area is 190 Å². The second kappa shape index (κ2) is 10.1. The zero-order chi connectivity index (χ0) is 22.3. The lowest BCUT2D eigenvalue weighted by Crippen LogP contribution is -2.34. The monoisotopic (exact) mass is 422 g/mol. The molecule has 1 heterocycles. The molecule has 0 unspecified atom stereocenters. The van der Waals surface area contributed by atoms with Crippen molar-refractivity contribution < 1.29 is 4.79 Å². The maximum atomic E-state index is 13.4. The van der Waals surface area contributed by atoms with Crippen molar-refractivity contribution >= 4 is 5.91 Å². The van der Waals surface area contributed by atoms with E-state index in [1.54, 1.807) is 0 Å². The van der Waals surface area contributed by atoms with Crippen LogP contribution in [0.15, 0.2) is 103 Å². The Bertz CT molecular complexity index is 1130. The van der Waals surface area contributed by atoms with E-state index in [-0.39, 0.29) is 5.91 Å². The number of amides is 1. The Hall–Kier alpha value is -3.59. The molecule has 0 aliphatic carbocycles. The van der Waals surface area contributed by atoms with E-state index >= 15 is 0 Å². The van der Waals surface area contributed by atoms with Crippen LogP contribution in [0.2, 0.25) is 0 Å². The number of hydrogen-bond acceptors (Lipinski definition) is 1. The molecule has 0 bridgehead atoms. The van der Waals surface area contributed by atoms with Crippen LogP contribution in [0.25, 0.3) is 11.1 Å². The molecule has 3 aromatic carbocycles. The van der Waals surface area contributed by atoms with Gasteiger partial charge >= 0.3 is 0 Å². The number of carbonyl (C=O) groups is 1. The summed E-state index contributed by atoms with van der Waals surface area (Å²) in [7, 11) is 0. The summed E-state index contributed by atoms with van der Waals surface area (Å²) in [5.74, 6) is 0.464. The fourth-order valence-electron chi connectivity index (χ4n) is 4.00. The van der Waals surface area contributed by atoms with Crippen LogP contribution in [-0.2, 0) is 13.1 Å². The molecule has 0 N–H and O–H groups in total. The first kappa shape index (κ1) is 21.6. The van der Waals surface area contributed by atoms with Gasteiger partial charge in [-0.1, -0.05) is 86.6 Å². The van der Waals surface area contributed by atoms with Crippen LogP contribution in [0.3, 0.4) is 0 Å². The quantitative estimate of drug-likeness (QED) is 0.318. The molecule has 0 saturated carbocycles. The van der Waals surface area contributed by atoms with Crippen molar-refractivity contribution in [2.75, 3.05) is 6.54 Å². The maximum absolute atomic E-state index is 13.4. The Kier molecular flexibility index (Phi) is 6.86. The lowest BCUT2D eigenvalue weighted by Gasteiger charge is -2.25. The van der Waals surface area contributed by atoms with E-state index in [1.807, 2.05) is 53.4 Å². The Morgan fingerprint density at radius 1 is 0.781 bits per heavy atom. The molecule has 3 heteroatoms. The minimum atomic E-state index is 0.0748. The van der Waals surface area contributed by atoms with Crippen molar-refractivity contribution in [1.29, 1.82) is 0 Å². The van der Waals surface area contributed by atoms with Gasteiger partial charge in [0.2, 0.25) is 0 Å². The molecule has 0 spiro atoms. The van der Waals surface area contributed by atoms with Crippen molar-refractivity contribution in [2.24, 2.45) is 5.92 Å². The van der Waals surface area contributed by atoms with Gasteiger partial charge < -0.3 is 9.47 Å². The van der Waals surface area contributed by atoms with E-state index in [1.165, 1.54) is 5.56 Å². The highest BCUT2D eigenvalue weighted by atomic mass is 16.2. The zero-order valence-corrected chi connectivity index (χ0v) is 18.8. The van der Waals surface area contributed by atoms with Gasteiger partial charge in [0.05, 0.1) is 6.54 Å². The van der Waals surface area contributed by atoms with E-state index in [0.717, 1.165) is 35.5 Å². The fourth-order valence-corrected chi connectivity index (χ4v) is 4.00. The normalized spacial score (nSPS) is 11.0. The standard InChI is InChI=1S/C29H30N2O/c1-23(2)20-31(22-28-14-9-19-30(28)21-24-10-5-3-6-11-24)29(32)27-17-15-26(16-18-27)25-12-7-4-8-13-25/h3-19,23H,20-22H2,1-2H3. The van der Waals surface area contributed by atoms with Gasteiger partial charge in [0.25, 0.3) is 5.91 Å². The summed E-state index contributed by atoms with van der Waals surface area (Å²) in [6.07, 6.45) is 2.09. The van der Waals surface area contributed by atoms with Gasteiger partial charge in [-0.3, -0.25) is 4.79 Å². The summed E-state index contributed by atoms with van der Waals surface area (Å²) in [5.41, 5.74) is 5.40. The van der Waals surface area contributed by atoms with Gasteiger partial charge in [-0.15, -0.1) is 0 Å². The zero-order valence-electron chi connectivity index (χ0n) is 18.8. The third kappa shape index (κ3) is 5.36. The van der Waals surface area contributed by atoms with Crippen molar-refractivity contribution in [3.05, 3.63) is 120 Å². The molecule has 4 rings (SSSR count). The van der Waals surface area contributed by atoms with E-state index in [4.69, 9.17) is 0 Å². The molecule has 0 atom stereocenters. The van der Waals surface area contributed by atoms with Crippen LogP contribution >= 0.6 is 0 Å². The number of hydrogen-bond donors (Lipinski definition) is 0. The van der Waals surface area contributed by atoms with E-state index in [0.29, 0.717) is 12.5 Å². The summed E-state index contributed by atoms with van der Waals surface area (Å²) in [4.78, 5) is 15.4. The van der Waals surface area contributed by atoms with Gasteiger partial charge in [-0.25, -0.2) is 0 Å². The average molecular weight is 423 g/mol. The summed E-state index contributed by atoms with van der Waals surface area (Å²) in [5, 5.41) is 0. The highest BCUT2D eigenvalue weighted by Crippen LogP contribution is 2.21. The summed E-state index contributed by atoms with van der Waals surface area (Å²) in [6, 6.07) is 32.8. The number of aromatic nitrogens is 1. The fraction of sp³-hybridized carbons (Fsp3) is 0.207. The topological polar surface area (TPSA) is 25.2 Å². The SMILES string of the molecule is CC(C)CN(Cc1cccn1Cc1ccccc1)C(=O)c1ccc(-c2ccccc2)cc1. The molecule has 32 heavy (non-hydrogen) atoms. The summed E-state index contributed by atoms with van der Waals surface area (Å²) >= 11 is 0. The van der Waals surface area contributed by atoms with Crippen LogP contribution in [0.1, 0.15) is 35.5 Å². The molecule has 0 saturated heterocycles. The molecular formula is C29H30N2O. The molecule has 4 aromatic rings. The number of benzene rings is 3. The third-order valence-electron chi connectivity index (χ3n) is 5.58. The summed E-state index contributed by atoms with van der Waals surface area (Å²) in [6.45, 7) is 6.43. The lowest BCUT2D eigenvalue weighted by atomic mass is 10.0. The van der Waals surface area contributed by atoms with E-state index in [2.05, 4.69) is 73.1 Å². The van der Waals surface area contributed by atoms with Crippen LogP contribution in [0.5, 0.6) is 0 Å². The highest BCUT2D eigenvalue weighted by molar-refractivity contribution is 5.94. The number of carbonyl (C=O) groups excluding carboxylic acids is 1. The molecular weight excluding hydrogens is 392 g/mol. The molecule has 0 aliphatic heterocycles. The van der Waals surface area contributed by atoms with Crippen molar-refractivity contribution in [1.82, 2.24) is 9.47 Å². The van der Waals surface area contributed by atoms with Gasteiger partial charge in [0.1, 0.15) is 0 Å². The van der Waals surface area contributed by atoms with Gasteiger partial charge in [-0.05, 0) is 46.9 Å². The first-order valence-corrected chi connectivity index (χ1v) is 11.2. The third-order valence-corrected chi connectivity index (χ3v) is 5.58. The molecule has 3 nitrogen and oxygen atoms in total. The highest BCUT2D eigenvalue weighted by Gasteiger charge is 2.19. The summed E-state index contributed by atoms with van der Waals surface area (Å²) < 4.78 is 2.23. The van der Waals surface area contributed by atoms with Crippen LogP contribution in [0, 0.1) is 5.92 Å². The van der Waals surface area contributed by atoms with Crippen molar-refractivity contribution in [2.45, 2.75) is 26.9 Å². The maximum Gasteiger partial charge on any atom is 0.254 e. The minimum Gasteiger partial charge on any atom is -0.345 e. The van der Waals surface area contributed by atoms with E-state index < -0.39 is 0 Å². The van der Waals surface area contributed by atoms with Gasteiger partial charge in [-0.2, -0.15) is 0 Å². The predicted molar refractivity (Wildman–Crippen MR) is 131 cm³/mol. The molecule has 1 aromatic heterocycles.